The number of benzene rings is 1. The van der Waals surface area contributed by atoms with E-state index in [4.69, 9.17) is 4.52 Å². The second-order valence-electron chi connectivity index (χ2n) is 3.98. The molecule has 0 fully saturated rings. The predicted molar refractivity (Wildman–Crippen MR) is 65.2 cm³/mol. The van der Waals surface area contributed by atoms with Gasteiger partial charge in [0.05, 0.1) is 5.69 Å². The average Bonchev–Trinajstić information content (AvgIpc) is 2.75. The first-order valence-electron chi connectivity index (χ1n) is 5.36. The van der Waals surface area contributed by atoms with Crippen LogP contribution in [0.5, 0.6) is 0 Å². The Morgan fingerprint density at radius 2 is 2.00 bits per heavy atom. The molecule has 4 heteroatoms. The molecule has 0 aliphatic carbocycles. The SMILES string of the molecule is Cc1cc(C(=O)N(C)c2ccccc2C)on1. The molecule has 0 N–H and O–H groups in total. The van der Waals surface area contributed by atoms with Crippen LogP contribution in [0.3, 0.4) is 0 Å². The topological polar surface area (TPSA) is 46.3 Å². The molecule has 17 heavy (non-hydrogen) atoms. The maximum absolute atomic E-state index is 12.1. The molecular formula is C13H14N2O2. The molecule has 0 saturated carbocycles. The van der Waals surface area contributed by atoms with E-state index in [1.807, 2.05) is 31.2 Å². The van der Waals surface area contributed by atoms with Crippen molar-refractivity contribution in [3.8, 4) is 0 Å². The smallest absolute Gasteiger partial charge is 0.296 e. The van der Waals surface area contributed by atoms with Gasteiger partial charge in [0.25, 0.3) is 5.91 Å². The number of anilines is 1. The van der Waals surface area contributed by atoms with Crippen molar-refractivity contribution in [2.24, 2.45) is 0 Å². The van der Waals surface area contributed by atoms with Gasteiger partial charge in [-0.05, 0) is 25.5 Å². The Balaban J connectivity index is 2.29. The van der Waals surface area contributed by atoms with Crippen LogP contribution < -0.4 is 4.90 Å². The van der Waals surface area contributed by atoms with Gasteiger partial charge in [-0.15, -0.1) is 0 Å². The Hall–Kier alpha value is -2.10. The molecule has 0 aliphatic heterocycles. The number of para-hydroxylation sites is 1. The summed E-state index contributed by atoms with van der Waals surface area (Å²) in [6.07, 6.45) is 0. The fraction of sp³-hybridized carbons (Fsp3) is 0.231. The van der Waals surface area contributed by atoms with Crippen LogP contribution in [0.4, 0.5) is 5.69 Å². The van der Waals surface area contributed by atoms with E-state index in [0.717, 1.165) is 11.3 Å². The van der Waals surface area contributed by atoms with Gasteiger partial charge >= 0.3 is 0 Å². The molecule has 0 unspecified atom stereocenters. The summed E-state index contributed by atoms with van der Waals surface area (Å²) in [6.45, 7) is 3.75. The highest BCUT2D eigenvalue weighted by atomic mass is 16.5. The molecule has 0 spiro atoms. The molecule has 0 saturated heterocycles. The van der Waals surface area contributed by atoms with Gasteiger partial charge in [-0.3, -0.25) is 4.79 Å². The summed E-state index contributed by atoms with van der Waals surface area (Å²) in [5, 5.41) is 3.71. The van der Waals surface area contributed by atoms with E-state index in [0.29, 0.717) is 5.69 Å². The van der Waals surface area contributed by atoms with Crippen molar-refractivity contribution in [3.05, 3.63) is 47.3 Å². The van der Waals surface area contributed by atoms with Crippen molar-refractivity contribution in [3.63, 3.8) is 0 Å². The zero-order chi connectivity index (χ0) is 12.4. The fourth-order valence-corrected chi connectivity index (χ4v) is 1.68. The second-order valence-corrected chi connectivity index (χ2v) is 3.98. The molecule has 1 aromatic heterocycles. The standard InChI is InChI=1S/C13H14N2O2/c1-9-6-4-5-7-11(9)15(3)13(16)12-8-10(2)14-17-12/h4-8H,1-3H3. The van der Waals surface area contributed by atoms with Crippen molar-refractivity contribution < 1.29 is 9.32 Å². The summed E-state index contributed by atoms with van der Waals surface area (Å²) in [7, 11) is 1.72. The van der Waals surface area contributed by atoms with Crippen LogP contribution in [-0.2, 0) is 0 Å². The zero-order valence-corrected chi connectivity index (χ0v) is 10.1. The summed E-state index contributed by atoms with van der Waals surface area (Å²) in [5.74, 6) is 0.0631. The van der Waals surface area contributed by atoms with Gasteiger partial charge in [0.1, 0.15) is 0 Å². The van der Waals surface area contributed by atoms with Crippen LogP contribution in [0.25, 0.3) is 0 Å². The number of amides is 1. The molecule has 2 rings (SSSR count). The van der Waals surface area contributed by atoms with E-state index >= 15 is 0 Å². The van der Waals surface area contributed by atoms with Crippen LogP contribution in [-0.4, -0.2) is 18.1 Å². The second kappa shape index (κ2) is 4.41. The number of hydrogen-bond acceptors (Lipinski definition) is 3. The van der Waals surface area contributed by atoms with Gasteiger partial charge in [0.15, 0.2) is 0 Å². The molecule has 1 amide bonds. The van der Waals surface area contributed by atoms with E-state index in [9.17, 15) is 4.79 Å². The maximum Gasteiger partial charge on any atom is 0.296 e. The van der Waals surface area contributed by atoms with Gasteiger partial charge in [-0.2, -0.15) is 0 Å². The Kier molecular flexibility index (Phi) is 2.95. The third kappa shape index (κ3) is 2.20. The number of aromatic nitrogens is 1. The molecule has 1 heterocycles. The number of hydrogen-bond donors (Lipinski definition) is 0. The lowest BCUT2D eigenvalue weighted by molar-refractivity contribution is 0.0957. The predicted octanol–water partition coefficient (Wildman–Crippen LogP) is 2.57. The number of nitrogens with zero attached hydrogens (tertiary/aromatic N) is 2. The molecule has 0 bridgehead atoms. The van der Waals surface area contributed by atoms with Gasteiger partial charge in [-0.25, -0.2) is 0 Å². The third-order valence-electron chi connectivity index (χ3n) is 2.62. The summed E-state index contributed by atoms with van der Waals surface area (Å²) in [6, 6.07) is 9.34. The molecule has 0 aliphatic rings. The Morgan fingerprint density at radius 1 is 1.29 bits per heavy atom. The van der Waals surface area contributed by atoms with E-state index in [2.05, 4.69) is 5.16 Å². The highest BCUT2D eigenvalue weighted by molar-refractivity contribution is 6.04. The lowest BCUT2D eigenvalue weighted by atomic mass is 10.2. The Labute approximate surface area is 99.8 Å². The normalized spacial score (nSPS) is 10.3. The highest BCUT2D eigenvalue weighted by Crippen LogP contribution is 2.20. The summed E-state index contributed by atoms with van der Waals surface area (Å²) in [5.41, 5.74) is 2.61. The number of carbonyl (C=O) groups is 1. The van der Waals surface area contributed by atoms with E-state index in [1.54, 1.807) is 24.9 Å². The first-order valence-corrected chi connectivity index (χ1v) is 5.36. The monoisotopic (exact) mass is 230 g/mol. The minimum absolute atomic E-state index is 0.195. The van der Waals surface area contributed by atoms with Crippen molar-refractivity contribution in [2.45, 2.75) is 13.8 Å². The van der Waals surface area contributed by atoms with Crippen molar-refractivity contribution >= 4 is 11.6 Å². The van der Waals surface area contributed by atoms with Gasteiger partial charge in [0, 0.05) is 18.8 Å². The average molecular weight is 230 g/mol. The first kappa shape index (κ1) is 11.4. The molecular weight excluding hydrogens is 216 g/mol. The quantitative estimate of drug-likeness (QED) is 0.796. The van der Waals surface area contributed by atoms with Crippen molar-refractivity contribution in [2.75, 3.05) is 11.9 Å². The first-order chi connectivity index (χ1) is 8.09. The van der Waals surface area contributed by atoms with Gasteiger partial charge in [0.2, 0.25) is 5.76 Å². The van der Waals surface area contributed by atoms with Crippen molar-refractivity contribution in [1.82, 2.24) is 5.16 Å². The van der Waals surface area contributed by atoms with Crippen LogP contribution in [0.1, 0.15) is 21.8 Å². The molecule has 88 valence electrons. The van der Waals surface area contributed by atoms with Crippen LogP contribution in [0, 0.1) is 13.8 Å². The molecule has 4 nitrogen and oxygen atoms in total. The van der Waals surface area contributed by atoms with Gasteiger partial charge < -0.3 is 9.42 Å². The third-order valence-corrected chi connectivity index (χ3v) is 2.62. The molecule has 0 radical (unpaired) electrons. The molecule has 1 aromatic carbocycles. The lowest BCUT2D eigenvalue weighted by Crippen LogP contribution is -2.26. The number of carbonyl (C=O) groups excluding carboxylic acids is 1. The van der Waals surface area contributed by atoms with Crippen molar-refractivity contribution in [1.29, 1.82) is 0 Å². The summed E-state index contributed by atoms with van der Waals surface area (Å²) < 4.78 is 4.97. The Bertz CT molecular complexity index is 546. The lowest BCUT2D eigenvalue weighted by Gasteiger charge is -2.17. The van der Waals surface area contributed by atoms with E-state index in [-0.39, 0.29) is 11.7 Å². The minimum Gasteiger partial charge on any atom is -0.351 e. The molecule has 0 atom stereocenters. The molecule has 2 aromatic rings. The summed E-state index contributed by atoms with van der Waals surface area (Å²) in [4.78, 5) is 13.7. The number of aryl methyl sites for hydroxylation is 2. The largest absolute Gasteiger partial charge is 0.351 e. The highest BCUT2D eigenvalue weighted by Gasteiger charge is 2.18. The van der Waals surface area contributed by atoms with Crippen LogP contribution in [0.2, 0.25) is 0 Å². The Morgan fingerprint density at radius 3 is 2.59 bits per heavy atom. The van der Waals surface area contributed by atoms with Crippen LogP contribution in [0.15, 0.2) is 34.9 Å². The minimum atomic E-state index is -0.195. The van der Waals surface area contributed by atoms with E-state index in [1.165, 1.54) is 0 Å². The number of rotatable bonds is 2. The fourth-order valence-electron chi connectivity index (χ4n) is 1.68. The van der Waals surface area contributed by atoms with Crippen LogP contribution >= 0.6 is 0 Å². The van der Waals surface area contributed by atoms with E-state index < -0.39 is 0 Å². The zero-order valence-electron chi connectivity index (χ0n) is 10.1. The van der Waals surface area contributed by atoms with Gasteiger partial charge in [-0.1, -0.05) is 23.4 Å². The summed E-state index contributed by atoms with van der Waals surface area (Å²) >= 11 is 0. The maximum atomic E-state index is 12.1.